The molecule has 1 aromatic heterocycles. The Morgan fingerprint density at radius 3 is 2.67 bits per heavy atom. The summed E-state index contributed by atoms with van der Waals surface area (Å²) < 4.78 is 0. The van der Waals surface area contributed by atoms with Crippen molar-refractivity contribution >= 4 is 17.0 Å². The van der Waals surface area contributed by atoms with E-state index in [9.17, 15) is 0 Å². The average Bonchev–Trinajstić information content (AvgIpc) is 2.55. The van der Waals surface area contributed by atoms with Crippen molar-refractivity contribution in [3.63, 3.8) is 0 Å². The third-order valence-corrected chi connectivity index (χ3v) is 3.47. The number of aryl methyl sites for hydroxylation is 2. The molecular weight excluding hydrogens is 170 g/mol. The van der Waals surface area contributed by atoms with Gasteiger partial charge >= 0.3 is 0 Å². The van der Waals surface area contributed by atoms with Crippen molar-refractivity contribution in [1.29, 1.82) is 0 Å². The molecule has 1 heterocycles. The lowest BCUT2D eigenvalue weighted by molar-refractivity contribution is 0.318. The number of hydrogen-bond acceptors (Lipinski definition) is 3. The topological polar surface area (TPSA) is 32.6 Å². The smallest absolute Gasteiger partial charge is 0.0885 e. The van der Waals surface area contributed by atoms with Gasteiger partial charge in [-0.1, -0.05) is 5.16 Å². The van der Waals surface area contributed by atoms with Crippen molar-refractivity contribution < 1.29 is 5.21 Å². The van der Waals surface area contributed by atoms with Crippen molar-refractivity contribution in [2.45, 2.75) is 26.7 Å². The Balaban J connectivity index is 2.64. The highest BCUT2D eigenvalue weighted by Crippen LogP contribution is 2.34. The number of nitrogens with zero attached hydrogens (tertiary/aromatic N) is 1. The van der Waals surface area contributed by atoms with Crippen LogP contribution in [0.1, 0.15) is 27.3 Å². The molecule has 0 saturated carbocycles. The second-order valence-electron chi connectivity index (χ2n) is 3.11. The van der Waals surface area contributed by atoms with E-state index in [1.54, 1.807) is 11.3 Å². The van der Waals surface area contributed by atoms with Crippen molar-refractivity contribution in [1.82, 2.24) is 0 Å². The highest BCUT2D eigenvalue weighted by Gasteiger charge is 2.24. The minimum Gasteiger partial charge on any atom is -0.411 e. The first-order valence-corrected chi connectivity index (χ1v) is 4.86. The second kappa shape index (κ2) is 2.59. The second-order valence-corrected chi connectivity index (χ2v) is 4.54. The molecule has 64 valence electrons. The highest BCUT2D eigenvalue weighted by atomic mass is 32.1. The van der Waals surface area contributed by atoms with Crippen LogP contribution in [0.5, 0.6) is 0 Å². The zero-order chi connectivity index (χ0) is 8.72. The zero-order valence-electron chi connectivity index (χ0n) is 7.22. The van der Waals surface area contributed by atoms with Gasteiger partial charge in [0.25, 0.3) is 0 Å². The lowest BCUT2D eigenvalue weighted by atomic mass is 10.1. The quantitative estimate of drug-likeness (QED) is 0.484. The largest absolute Gasteiger partial charge is 0.411 e. The van der Waals surface area contributed by atoms with Crippen molar-refractivity contribution in [2.75, 3.05) is 0 Å². The summed E-state index contributed by atoms with van der Waals surface area (Å²) in [6, 6.07) is 0. The molecule has 0 atom stereocenters. The molecule has 1 aromatic rings. The average molecular weight is 181 g/mol. The fourth-order valence-electron chi connectivity index (χ4n) is 1.88. The lowest BCUT2D eigenvalue weighted by Crippen LogP contribution is -1.93. The molecule has 3 heteroatoms. The van der Waals surface area contributed by atoms with Crippen LogP contribution in [0.25, 0.3) is 0 Å². The fourth-order valence-corrected chi connectivity index (χ4v) is 3.01. The Morgan fingerprint density at radius 1 is 1.25 bits per heavy atom. The monoisotopic (exact) mass is 181 g/mol. The molecular formula is C9H11NOS. The fraction of sp³-hybridized carbons (Fsp3) is 0.444. The summed E-state index contributed by atoms with van der Waals surface area (Å²) in [5.41, 5.74) is 3.47. The van der Waals surface area contributed by atoms with Crippen LogP contribution in [0.4, 0.5) is 0 Å². The van der Waals surface area contributed by atoms with Gasteiger partial charge in [-0.15, -0.1) is 11.3 Å². The molecule has 0 amide bonds. The maximum atomic E-state index is 8.74. The molecule has 0 bridgehead atoms. The maximum absolute atomic E-state index is 8.74. The van der Waals surface area contributed by atoms with Crippen LogP contribution in [0.3, 0.4) is 0 Å². The summed E-state index contributed by atoms with van der Waals surface area (Å²) >= 11 is 1.80. The van der Waals surface area contributed by atoms with Gasteiger partial charge in [0.1, 0.15) is 0 Å². The van der Waals surface area contributed by atoms with E-state index in [4.69, 9.17) is 5.21 Å². The summed E-state index contributed by atoms with van der Waals surface area (Å²) in [6.45, 7) is 4.23. The third-order valence-electron chi connectivity index (χ3n) is 2.41. The van der Waals surface area contributed by atoms with Crippen LogP contribution >= 0.6 is 11.3 Å². The van der Waals surface area contributed by atoms with Crippen LogP contribution in [0.15, 0.2) is 5.16 Å². The molecule has 12 heavy (non-hydrogen) atoms. The molecule has 0 fully saturated rings. The maximum Gasteiger partial charge on any atom is 0.0885 e. The van der Waals surface area contributed by atoms with Gasteiger partial charge in [-0.3, -0.25) is 0 Å². The van der Waals surface area contributed by atoms with Crippen molar-refractivity contribution in [3.8, 4) is 0 Å². The van der Waals surface area contributed by atoms with E-state index in [1.165, 1.54) is 20.9 Å². The standard InChI is InChI=1S/C9H11NOS/c1-5-7-3-4-8(10-11)9(7)6(2)12-5/h11H,3-4H2,1-2H3. The minimum absolute atomic E-state index is 0.867. The molecule has 2 rings (SSSR count). The predicted octanol–water partition coefficient (Wildman–Crippen LogP) is 2.49. The Morgan fingerprint density at radius 2 is 2.00 bits per heavy atom. The van der Waals surface area contributed by atoms with Gasteiger partial charge in [0.05, 0.1) is 5.71 Å². The number of thiophene rings is 1. The molecule has 1 N–H and O–H groups in total. The first kappa shape index (κ1) is 7.80. The van der Waals surface area contributed by atoms with Gasteiger partial charge in [0, 0.05) is 15.3 Å². The number of oxime groups is 1. The molecule has 0 saturated heterocycles. The molecule has 0 unspecified atom stereocenters. The summed E-state index contributed by atoms with van der Waals surface area (Å²) in [5.74, 6) is 0. The Hall–Kier alpha value is -0.830. The summed E-state index contributed by atoms with van der Waals surface area (Å²) in [5, 5.41) is 12.1. The van der Waals surface area contributed by atoms with E-state index in [0.29, 0.717) is 0 Å². The Kier molecular flexibility index (Phi) is 1.68. The lowest BCUT2D eigenvalue weighted by Gasteiger charge is -1.92. The SMILES string of the molecule is Cc1sc(C)c2c1CCC2=NO. The first-order chi connectivity index (χ1) is 5.74. The van der Waals surface area contributed by atoms with Crippen molar-refractivity contribution in [3.05, 3.63) is 20.9 Å². The van der Waals surface area contributed by atoms with E-state index in [2.05, 4.69) is 19.0 Å². The Bertz CT molecular complexity index is 352. The van der Waals surface area contributed by atoms with Crippen LogP contribution in [0, 0.1) is 13.8 Å². The molecule has 2 nitrogen and oxygen atoms in total. The molecule has 0 radical (unpaired) electrons. The third kappa shape index (κ3) is 0.894. The van der Waals surface area contributed by atoms with Gasteiger partial charge in [-0.25, -0.2) is 0 Å². The summed E-state index contributed by atoms with van der Waals surface area (Å²) in [6.07, 6.45) is 1.95. The number of hydrogen-bond donors (Lipinski definition) is 1. The predicted molar refractivity (Wildman–Crippen MR) is 50.4 cm³/mol. The van der Waals surface area contributed by atoms with Gasteiger partial charge in [-0.05, 0) is 32.3 Å². The Labute approximate surface area is 75.5 Å². The first-order valence-electron chi connectivity index (χ1n) is 4.04. The molecule has 1 aliphatic rings. The highest BCUT2D eigenvalue weighted by molar-refractivity contribution is 7.12. The van der Waals surface area contributed by atoms with E-state index >= 15 is 0 Å². The van der Waals surface area contributed by atoms with E-state index < -0.39 is 0 Å². The summed E-state index contributed by atoms with van der Waals surface area (Å²) in [4.78, 5) is 2.66. The van der Waals surface area contributed by atoms with E-state index in [-0.39, 0.29) is 0 Å². The normalized spacial score (nSPS) is 18.7. The zero-order valence-corrected chi connectivity index (χ0v) is 8.03. The molecule has 1 aliphatic carbocycles. The molecule has 0 aliphatic heterocycles. The van der Waals surface area contributed by atoms with Crippen LogP contribution in [0.2, 0.25) is 0 Å². The summed E-state index contributed by atoms with van der Waals surface area (Å²) in [7, 11) is 0. The van der Waals surface area contributed by atoms with Crippen LogP contribution < -0.4 is 0 Å². The van der Waals surface area contributed by atoms with E-state index in [1.807, 2.05) is 0 Å². The van der Waals surface area contributed by atoms with Crippen LogP contribution in [-0.2, 0) is 6.42 Å². The molecule has 0 aromatic carbocycles. The van der Waals surface area contributed by atoms with Gasteiger partial charge in [0.2, 0.25) is 0 Å². The number of rotatable bonds is 0. The van der Waals surface area contributed by atoms with Gasteiger partial charge < -0.3 is 5.21 Å². The van der Waals surface area contributed by atoms with Crippen LogP contribution in [-0.4, -0.2) is 10.9 Å². The minimum atomic E-state index is 0.867. The molecule has 0 spiro atoms. The van der Waals surface area contributed by atoms with Crippen molar-refractivity contribution in [2.24, 2.45) is 5.16 Å². The number of fused-ring (bicyclic) bond motifs is 1. The van der Waals surface area contributed by atoms with E-state index in [0.717, 1.165) is 18.6 Å². The van der Waals surface area contributed by atoms with Gasteiger partial charge in [0.15, 0.2) is 0 Å². The van der Waals surface area contributed by atoms with Gasteiger partial charge in [-0.2, -0.15) is 0 Å².